The lowest BCUT2D eigenvalue weighted by Crippen LogP contribution is -2.22. The number of hydrogen-bond acceptors (Lipinski definition) is 5. The highest BCUT2D eigenvalue weighted by Gasteiger charge is 2.10. The Labute approximate surface area is 168 Å². The molecule has 29 heavy (non-hydrogen) atoms. The van der Waals surface area contributed by atoms with E-state index in [-0.39, 0.29) is 5.91 Å². The van der Waals surface area contributed by atoms with Gasteiger partial charge in [0.25, 0.3) is 5.91 Å². The van der Waals surface area contributed by atoms with Gasteiger partial charge in [-0.05, 0) is 55.8 Å². The molecule has 3 rings (SSSR count). The first-order valence-electron chi connectivity index (χ1n) is 9.00. The Balaban J connectivity index is 1.51. The highest BCUT2D eigenvalue weighted by molar-refractivity contribution is 5.94. The summed E-state index contributed by atoms with van der Waals surface area (Å²) < 4.78 is 10.9. The topological polar surface area (TPSA) is 119 Å². The summed E-state index contributed by atoms with van der Waals surface area (Å²) >= 11 is 0. The number of aromatic nitrogens is 1. The smallest absolute Gasteiger partial charge is 0.316 e. The molecule has 8 nitrogen and oxygen atoms in total. The molecule has 150 valence electrons. The van der Waals surface area contributed by atoms with Gasteiger partial charge in [0.1, 0.15) is 18.1 Å². The van der Waals surface area contributed by atoms with Gasteiger partial charge in [0.05, 0.1) is 11.3 Å². The van der Waals surface area contributed by atoms with Crippen molar-refractivity contribution in [2.45, 2.75) is 27.0 Å². The van der Waals surface area contributed by atoms with Gasteiger partial charge in [-0.1, -0.05) is 17.3 Å². The average molecular weight is 394 g/mol. The van der Waals surface area contributed by atoms with Crippen LogP contribution in [0.5, 0.6) is 5.75 Å². The SMILES string of the molecule is Cc1noc(C)c1COc1ccc(C(=O)NCc2ccc(NC(N)=O)cc2)cc1. The molecule has 8 heteroatoms. The van der Waals surface area contributed by atoms with E-state index in [9.17, 15) is 9.59 Å². The number of benzene rings is 2. The molecule has 0 bridgehead atoms. The molecule has 0 aliphatic carbocycles. The molecule has 0 radical (unpaired) electrons. The van der Waals surface area contributed by atoms with E-state index in [1.807, 2.05) is 13.8 Å². The predicted octanol–water partition coefficient (Wildman–Crippen LogP) is 3.29. The second kappa shape index (κ2) is 8.92. The lowest BCUT2D eigenvalue weighted by Gasteiger charge is -2.09. The van der Waals surface area contributed by atoms with E-state index >= 15 is 0 Å². The van der Waals surface area contributed by atoms with E-state index in [0.717, 1.165) is 22.6 Å². The fourth-order valence-electron chi connectivity index (χ4n) is 2.70. The van der Waals surface area contributed by atoms with Crippen LogP contribution in [0.2, 0.25) is 0 Å². The van der Waals surface area contributed by atoms with Crippen molar-refractivity contribution >= 4 is 17.6 Å². The summed E-state index contributed by atoms with van der Waals surface area (Å²) in [5, 5.41) is 9.23. The molecule has 0 unspecified atom stereocenters. The molecule has 0 saturated carbocycles. The van der Waals surface area contributed by atoms with Gasteiger partial charge in [-0.15, -0.1) is 0 Å². The highest BCUT2D eigenvalue weighted by atomic mass is 16.5. The van der Waals surface area contributed by atoms with E-state index in [0.29, 0.717) is 30.2 Å². The number of amides is 3. The molecule has 4 N–H and O–H groups in total. The van der Waals surface area contributed by atoms with Crippen LogP contribution in [0, 0.1) is 13.8 Å². The summed E-state index contributed by atoms with van der Waals surface area (Å²) in [6, 6.07) is 13.3. The van der Waals surface area contributed by atoms with E-state index in [1.54, 1.807) is 48.5 Å². The van der Waals surface area contributed by atoms with Crippen molar-refractivity contribution in [1.29, 1.82) is 0 Å². The van der Waals surface area contributed by atoms with Crippen LogP contribution >= 0.6 is 0 Å². The molecule has 0 spiro atoms. The molecule has 0 saturated heterocycles. The maximum atomic E-state index is 12.3. The Morgan fingerprint density at radius 3 is 2.34 bits per heavy atom. The van der Waals surface area contributed by atoms with Crippen LogP contribution in [-0.4, -0.2) is 17.1 Å². The zero-order valence-electron chi connectivity index (χ0n) is 16.2. The van der Waals surface area contributed by atoms with Gasteiger partial charge in [-0.2, -0.15) is 0 Å². The quantitative estimate of drug-likeness (QED) is 0.568. The van der Waals surface area contributed by atoms with Gasteiger partial charge < -0.3 is 25.6 Å². The van der Waals surface area contributed by atoms with Gasteiger partial charge in [-0.25, -0.2) is 4.79 Å². The standard InChI is InChI=1S/C21H22N4O4/c1-13-19(14(2)29-25-13)12-28-18-9-5-16(6-10-18)20(26)23-11-15-3-7-17(8-4-15)24-21(22)27/h3-10H,11-12H2,1-2H3,(H,23,26)(H3,22,24,27). The average Bonchev–Trinajstić information content (AvgIpc) is 3.03. The lowest BCUT2D eigenvalue weighted by atomic mass is 10.1. The third-order valence-electron chi connectivity index (χ3n) is 4.36. The van der Waals surface area contributed by atoms with Crippen LogP contribution in [-0.2, 0) is 13.2 Å². The Bertz CT molecular complexity index is 975. The number of nitrogens with two attached hydrogens (primary N) is 1. The van der Waals surface area contributed by atoms with Crippen molar-refractivity contribution in [3.63, 3.8) is 0 Å². The second-order valence-electron chi connectivity index (χ2n) is 6.48. The molecule has 0 aliphatic rings. The van der Waals surface area contributed by atoms with Crippen LogP contribution in [0.25, 0.3) is 0 Å². The van der Waals surface area contributed by atoms with E-state index in [2.05, 4.69) is 15.8 Å². The minimum absolute atomic E-state index is 0.193. The van der Waals surface area contributed by atoms with Crippen LogP contribution in [0.15, 0.2) is 53.1 Å². The fraction of sp³-hybridized carbons (Fsp3) is 0.190. The zero-order valence-corrected chi connectivity index (χ0v) is 16.2. The summed E-state index contributed by atoms with van der Waals surface area (Å²) in [5.41, 5.74) is 8.82. The van der Waals surface area contributed by atoms with Gasteiger partial charge in [0.15, 0.2) is 0 Å². The Hall–Kier alpha value is -3.81. The Morgan fingerprint density at radius 1 is 1.07 bits per heavy atom. The lowest BCUT2D eigenvalue weighted by molar-refractivity contribution is 0.0951. The minimum Gasteiger partial charge on any atom is -0.489 e. The number of rotatable bonds is 7. The molecule has 1 aromatic heterocycles. The Morgan fingerprint density at radius 2 is 1.76 bits per heavy atom. The van der Waals surface area contributed by atoms with Crippen LogP contribution in [0.1, 0.15) is 32.9 Å². The van der Waals surface area contributed by atoms with Crippen molar-refractivity contribution < 1.29 is 18.8 Å². The Kier molecular flexibility index (Phi) is 6.13. The molecular weight excluding hydrogens is 372 g/mol. The van der Waals surface area contributed by atoms with Crippen molar-refractivity contribution in [3.8, 4) is 5.75 Å². The molecular formula is C21H22N4O4. The van der Waals surface area contributed by atoms with Crippen LogP contribution < -0.4 is 21.1 Å². The van der Waals surface area contributed by atoms with E-state index in [1.165, 1.54) is 0 Å². The van der Waals surface area contributed by atoms with E-state index in [4.69, 9.17) is 15.0 Å². The van der Waals surface area contributed by atoms with Gasteiger partial charge in [0.2, 0.25) is 0 Å². The van der Waals surface area contributed by atoms with Crippen molar-refractivity contribution in [2.75, 3.05) is 5.32 Å². The molecule has 0 atom stereocenters. The first kappa shape index (κ1) is 19.9. The maximum Gasteiger partial charge on any atom is 0.316 e. The molecule has 3 aromatic rings. The normalized spacial score (nSPS) is 10.4. The third kappa shape index (κ3) is 5.35. The summed E-state index contributed by atoms with van der Waals surface area (Å²) in [6.07, 6.45) is 0. The van der Waals surface area contributed by atoms with Crippen molar-refractivity contribution in [3.05, 3.63) is 76.7 Å². The summed E-state index contributed by atoms with van der Waals surface area (Å²) in [5.74, 6) is 1.19. The number of primary amides is 1. The molecule has 2 aromatic carbocycles. The highest BCUT2D eigenvalue weighted by Crippen LogP contribution is 2.18. The molecule has 1 heterocycles. The van der Waals surface area contributed by atoms with Crippen LogP contribution in [0.4, 0.5) is 10.5 Å². The zero-order chi connectivity index (χ0) is 20.8. The fourth-order valence-corrected chi connectivity index (χ4v) is 2.70. The first-order chi connectivity index (χ1) is 13.9. The number of aryl methyl sites for hydroxylation is 2. The van der Waals surface area contributed by atoms with Crippen LogP contribution in [0.3, 0.4) is 0 Å². The number of carbonyl (C=O) groups is 2. The predicted molar refractivity (Wildman–Crippen MR) is 108 cm³/mol. The monoisotopic (exact) mass is 394 g/mol. The number of nitrogens with one attached hydrogen (secondary N) is 2. The van der Waals surface area contributed by atoms with Gasteiger partial charge in [0, 0.05) is 17.8 Å². The third-order valence-corrected chi connectivity index (χ3v) is 4.36. The van der Waals surface area contributed by atoms with Crippen molar-refractivity contribution in [2.24, 2.45) is 5.73 Å². The van der Waals surface area contributed by atoms with Gasteiger partial charge >= 0.3 is 6.03 Å². The first-order valence-corrected chi connectivity index (χ1v) is 9.00. The summed E-state index contributed by atoms with van der Waals surface area (Å²) in [4.78, 5) is 23.1. The second-order valence-corrected chi connectivity index (χ2v) is 6.48. The van der Waals surface area contributed by atoms with Crippen molar-refractivity contribution in [1.82, 2.24) is 10.5 Å². The number of ether oxygens (including phenoxy) is 1. The number of hydrogen-bond donors (Lipinski definition) is 3. The number of nitrogens with zero attached hydrogens (tertiary/aromatic N) is 1. The summed E-state index contributed by atoms with van der Waals surface area (Å²) in [7, 11) is 0. The van der Waals surface area contributed by atoms with E-state index < -0.39 is 6.03 Å². The number of urea groups is 1. The largest absolute Gasteiger partial charge is 0.489 e. The summed E-state index contributed by atoms with van der Waals surface area (Å²) in [6.45, 7) is 4.42. The molecule has 0 aliphatic heterocycles. The maximum absolute atomic E-state index is 12.3. The molecule has 0 fully saturated rings. The number of carbonyl (C=O) groups excluding carboxylic acids is 2. The molecule has 3 amide bonds. The van der Waals surface area contributed by atoms with Gasteiger partial charge in [-0.3, -0.25) is 4.79 Å². The number of anilines is 1. The minimum atomic E-state index is -0.620.